The number of carbonyl (C=O) groups is 1. The van der Waals surface area contributed by atoms with Gasteiger partial charge in [-0.1, -0.05) is 48.9 Å². The molecule has 1 fully saturated rings. The summed E-state index contributed by atoms with van der Waals surface area (Å²) in [7, 11) is -2.03. The van der Waals surface area contributed by atoms with Crippen molar-refractivity contribution in [3.05, 3.63) is 64.7 Å². The van der Waals surface area contributed by atoms with Crippen LogP contribution in [0.2, 0.25) is 5.02 Å². The molecule has 2 aromatic carbocycles. The number of halogens is 1. The van der Waals surface area contributed by atoms with E-state index in [0.29, 0.717) is 24.6 Å². The fraction of sp³-hybridized carbons (Fsp3) is 0.409. The van der Waals surface area contributed by atoms with E-state index >= 15 is 0 Å². The van der Waals surface area contributed by atoms with Crippen LogP contribution in [0.4, 0.5) is 0 Å². The van der Waals surface area contributed by atoms with Crippen molar-refractivity contribution >= 4 is 27.5 Å². The van der Waals surface area contributed by atoms with Crippen molar-refractivity contribution in [2.75, 3.05) is 20.1 Å². The van der Waals surface area contributed by atoms with Gasteiger partial charge in [0.25, 0.3) is 5.91 Å². The van der Waals surface area contributed by atoms with E-state index in [1.165, 1.54) is 16.4 Å². The van der Waals surface area contributed by atoms with E-state index in [1.807, 2.05) is 44.2 Å². The highest BCUT2D eigenvalue weighted by Crippen LogP contribution is 2.30. The number of nitrogens with zero attached hydrogens (tertiary/aromatic N) is 2. The summed E-state index contributed by atoms with van der Waals surface area (Å²) in [6, 6.07) is 14.0. The second-order valence-electron chi connectivity index (χ2n) is 7.76. The zero-order valence-corrected chi connectivity index (χ0v) is 18.6. The van der Waals surface area contributed by atoms with Gasteiger partial charge in [0.15, 0.2) is 0 Å². The minimum absolute atomic E-state index is 0.000110. The topological polar surface area (TPSA) is 57.7 Å². The van der Waals surface area contributed by atoms with Crippen molar-refractivity contribution in [1.29, 1.82) is 0 Å². The van der Waals surface area contributed by atoms with Gasteiger partial charge in [-0.25, -0.2) is 8.42 Å². The molecule has 29 heavy (non-hydrogen) atoms. The monoisotopic (exact) mass is 434 g/mol. The van der Waals surface area contributed by atoms with Gasteiger partial charge in [-0.2, -0.15) is 4.31 Å². The van der Waals surface area contributed by atoms with Gasteiger partial charge in [0, 0.05) is 25.7 Å². The minimum atomic E-state index is -3.75. The fourth-order valence-electron chi connectivity index (χ4n) is 3.67. The van der Waals surface area contributed by atoms with Crippen LogP contribution in [0.1, 0.15) is 48.7 Å². The van der Waals surface area contributed by atoms with Crippen molar-refractivity contribution in [3.8, 4) is 0 Å². The first kappa shape index (κ1) is 21.8. The second-order valence-corrected chi connectivity index (χ2v) is 10.1. The number of hydrogen-bond acceptors (Lipinski definition) is 3. The summed E-state index contributed by atoms with van der Waals surface area (Å²) >= 11 is 6.25. The van der Waals surface area contributed by atoms with Gasteiger partial charge in [0.1, 0.15) is 4.90 Å². The lowest BCUT2D eigenvalue weighted by atomic mass is 10.0. The normalized spacial score (nSPS) is 19.0. The molecule has 3 rings (SSSR count). The number of carbonyl (C=O) groups excluding carboxylic acids is 1. The van der Waals surface area contributed by atoms with Crippen molar-refractivity contribution in [1.82, 2.24) is 9.21 Å². The van der Waals surface area contributed by atoms with Crippen LogP contribution in [0, 0.1) is 5.92 Å². The maximum atomic E-state index is 13.2. The molecule has 1 saturated heterocycles. The van der Waals surface area contributed by atoms with Crippen molar-refractivity contribution < 1.29 is 13.2 Å². The second kappa shape index (κ2) is 8.86. The molecule has 1 aliphatic rings. The smallest absolute Gasteiger partial charge is 0.254 e. The molecule has 0 bridgehead atoms. The number of amides is 1. The van der Waals surface area contributed by atoms with Crippen LogP contribution in [0.3, 0.4) is 0 Å². The molecule has 0 aliphatic carbocycles. The number of rotatable bonds is 5. The molecule has 1 aliphatic heterocycles. The quantitative estimate of drug-likeness (QED) is 0.691. The van der Waals surface area contributed by atoms with Crippen LogP contribution >= 0.6 is 11.6 Å². The molecule has 1 heterocycles. The molecular weight excluding hydrogens is 408 g/mol. The largest absolute Gasteiger partial charge is 0.335 e. The SMILES string of the molecule is CC1CCCN(S(=O)(=O)c2cc(C(=O)N(C)C(C)c3ccccc3)ccc2Cl)C1. The first-order chi connectivity index (χ1) is 13.7. The lowest BCUT2D eigenvalue weighted by molar-refractivity contribution is 0.0742. The van der Waals surface area contributed by atoms with Gasteiger partial charge in [0.05, 0.1) is 11.1 Å². The summed E-state index contributed by atoms with van der Waals surface area (Å²) in [5.41, 5.74) is 1.32. The van der Waals surface area contributed by atoms with Crippen molar-refractivity contribution in [3.63, 3.8) is 0 Å². The fourth-order valence-corrected chi connectivity index (χ4v) is 5.77. The summed E-state index contributed by atoms with van der Waals surface area (Å²) < 4.78 is 27.8. The lowest BCUT2D eigenvalue weighted by Gasteiger charge is -2.30. The number of sulfonamides is 1. The first-order valence-electron chi connectivity index (χ1n) is 9.83. The average Bonchev–Trinajstić information content (AvgIpc) is 2.73. The Morgan fingerprint density at radius 1 is 1.21 bits per heavy atom. The Morgan fingerprint density at radius 2 is 1.90 bits per heavy atom. The Labute approximate surface area is 178 Å². The molecule has 156 valence electrons. The zero-order valence-electron chi connectivity index (χ0n) is 17.0. The van der Waals surface area contributed by atoms with Gasteiger partial charge in [-0.05, 0) is 49.4 Å². The van der Waals surface area contributed by atoms with Gasteiger partial charge in [0.2, 0.25) is 10.0 Å². The van der Waals surface area contributed by atoms with Crippen LogP contribution in [0.15, 0.2) is 53.4 Å². The van der Waals surface area contributed by atoms with E-state index in [4.69, 9.17) is 11.6 Å². The average molecular weight is 435 g/mol. The third kappa shape index (κ3) is 4.65. The molecule has 7 heteroatoms. The van der Waals surface area contributed by atoms with Gasteiger partial charge in [-0.15, -0.1) is 0 Å². The predicted octanol–water partition coefficient (Wildman–Crippen LogP) is 4.59. The van der Waals surface area contributed by atoms with E-state index in [0.717, 1.165) is 18.4 Å². The summed E-state index contributed by atoms with van der Waals surface area (Å²) in [6.07, 6.45) is 1.84. The van der Waals surface area contributed by atoms with Crippen LogP contribution in [-0.2, 0) is 10.0 Å². The maximum Gasteiger partial charge on any atom is 0.254 e. The predicted molar refractivity (Wildman–Crippen MR) is 116 cm³/mol. The highest BCUT2D eigenvalue weighted by molar-refractivity contribution is 7.89. The van der Waals surface area contributed by atoms with Crippen molar-refractivity contribution in [2.45, 2.75) is 37.6 Å². The van der Waals surface area contributed by atoms with Gasteiger partial charge < -0.3 is 4.90 Å². The van der Waals surface area contributed by atoms with E-state index in [2.05, 4.69) is 0 Å². The molecule has 5 nitrogen and oxygen atoms in total. The molecule has 2 atom stereocenters. The molecule has 0 spiro atoms. The zero-order chi connectivity index (χ0) is 21.2. The molecule has 1 amide bonds. The number of benzene rings is 2. The molecular formula is C22H27ClN2O3S. The van der Waals surface area contributed by atoms with Crippen LogP contribution in [-0.4, -0.2) is 43.7 Å². The molecule has 2 aromatic rings. The first-order valence-corrected chi connectivity index (χ1v) is 11.7. The standard InChI is InChI=1S/C22H27ClN2O3S/c1-16-8-7-13-25(15-16)29(27,28)21-14-19(11-12-20(21)23)22(26)24(3)17(2)18-9-5-4-6-10-18/h4-6,9-12,14,16-17H,7-8,13,15H2,1-3H3. The van der Waals surface area contributed by atoms with Gasteiger partial charge in [-0.3, -0.25) is 4.79 Å². The van der Waals surface area contributed by atoms with Crippen molar-refractivity contribution in [2.24, 2.45) is 5.92 Å². The Hall–Kier alpha value is -1.89. The third-order valence-corrected chi connectivity index (χ3v) is 7.95. The summed E-state index contributed by atoms with van der Waals surface area (Å²) in [4.78, 5) is 14.7. The Kier molecular flexibility index (Phi) is 6.66. The minimum Gasteiger partial charge on any atom is -0.335 e. The Bertz CT molecular complexity index is 979. The van der Waals surface area contributed by atoms with E-state index in [9.17, 15) is 13.2 Å². The highest BCUT2D eigenvalue weighted by Gasteiger charge is 2.31. The summed E-state index contributed by atoms with van der Waals surface area (Å²) in [6.45, 7) is 4.94. The van der Waals surface area contributed by atoms with E-state index < -0.39 is 10.0 Å². The molecule has 2 unspecified atom stereocenters. The van der Waals surface area contributed by atoms with Crippen LogP contribution in [0.25, 0.3) is 0 Å². The lowest BCUT2D eigenvalue weighted by Crippen LogP contribution is -2.39. The maximum absolute atomic E-state index is 13.2. The summed E-state index contributed by atoms with van der Waals surface area (Å²) in [5, 5.41) is 0.138. The Balaban J connectivity index is 1.89. The molecule has 0 radical (unpaired) electrons. The number of hydrogen-bond donors (Lipinski definition) is 0. The highest BCUT2D eigenvalue weighted by atomic mass is 35.5. The summed E-state index contributed by atoms with van der Waals surface area (Å²) in [5.74, 6) is 0.0569. The Morgan fingerprint density at radius 3 is 2.55 bits per heavy atom. The molecule has 0 N–H and O–H groups in total. The van der Waals surface area contributed by atoms with E-state index in [-0.39, 0.29) is 21.9 Å². The van der Waals surface area contributed by atoms with Gasteiger partial charge >= 0.3 is 0 Å². The van der Waals surface area contributed by atoms with Crippen LogP contribution in [0.5, 0.6) is 0 Å². The molecule has 0 aromatic heterocycles. The molecule has 0 saturated carbocycles. The number of piperidine rings is 1. The third-order valence-electron chi connectivity index (χ3n) is 5.60. The van der Waals surface area contributed by atoms with Crippen LogP contribution < -0.4 is 0 Å². The van der Waals surface area contributed by atoms with E-state index in [1.54, 1.807) is 18.0 Å².